The van der Waals surface area contributed by atoms with Crippen molar-refractivity contribution < 1.29 is 13.2 Å². The van der Waals surface area contributed by atoms with Crippen LogP contribution in [-0.2, 0) is 9.84 Å². The van der Waals surface area contributed by atoms with Crippen LogP contribution in [0.25, 0.3) is 10.9 Å². The average molecular weight is 311 g/mol. The summed E-state index contributed by atoms with van der Waals surface area (Å²) in [5, 5.41) is 0.629. The van der Waals surface area contributed by atoms with Gasteiger partial charge in [0, 0.05) is 17.1 Å². The lowest BCUT2D eigenvalue weighted by molar-refractivity contribution is 0.101. The molecule has 1 heterocycles. The van der Waals surface area contributed by atoms with Gasteiger partial charge in [0.1, 0.15) is 0 Å². The summed E-state index contributed by atoms with van der Waals surface area (Å²) in [6.45, 7) is 1.46. The fraction of sp³-hybridized carbons (Fsp3) is 0.0588. The molecule has 2 aromatic carbocycles. The number of Topliss-reactive ketones (excluding diaryl/α,β-unsaturated/α-hetero) is 1. The monoisotopic (exact) mass is 311 g/mol. The summed E-state index contributed by atoms with van der Waals surface area (Å²) >= 11 is 0. The van der Waals surface area contributed by atoms with Crippen LogP contribution in [0.2, 0.25) is 0 Å². The van der Waals surface area contributed by atoms with Gasteiger partial charge in [-0.3, -0.25) is 9.78 Å². The molecule has 110 valence electrons. The molecule has 3 aromatic rings. The van der Waals surface area contributed by atoms with Gasteiger partial charge in [0.05, 0.1) is 15.3 Å². The van der Waals surface area contributed by atoms with Gasteiger partial charge in [-0.1, -0.05) is 30.3 Å². The van der Waals surface area contributed by atoms with Crippen molar-refractivity contribution in [2.45, 2.75) is 16.7 Å². The minimum absolute atomic E-state index is 0.100. The zero-order valence-corrected chi connectivity index (χ0v) is 12.7. The van der Waals surface area contributed by atoms with E-state index in [1.165, 1.54) is 13.1 Å². The number of ketones is 1. The number of para-hydroxylation sites is 1. The minimum atomic E-state index is -3.61. The Bertz CT molecular complexity index is 964. The maximum atomic E-state index is 12.6. The summed E-state index contributed by atoms with van der Waals surface area (Å²) in [6.07, 6.45) is 1.30. The normalized spacial score (nSPS) is 11.5. The van der Waals surface area contributed by atoms with Gasteiger partial charge >= 0.3 is 0 Å². The lowest BCUT2D eigenvalue weighted by atomic mass is 10.1. The first kappa shape index (κ1) is 14.4. The zero-order chi connectivity index (χ0) is 15.7. The Morgan fingerprint density at radius 3 is 2.36 bits per heavy atom. The van der Waals surface area contributed by atoms with E-state index in [9.17, 15) is 13.2 Å². The summed E-state index contributed by atoms with van der Waals surface area (Å²) < 4.78 is 25.2. The molecular weight excluding hydrogens is 298 g/mol. The Morgan fingerprint density at radius 1 is 0.955 bits per heavy atom. The molecule has 0 atom stereocenters. The standard InChI is InChI=1S/C17H13NO3S/c1-12(19)16-9-5-6-13-10-15(11-18-17(13)16)22(20,21)14-7-3-2-4-8-14/h2-11H,1H3. The molecule has 5 heteroatoms. The third-order valence-corrected chi connectivity index (χ3v) is 5.17. The molecule has 3 rings (SSSR count). The molecule has 0 saturated carbocycles. The van der Waals surface area contributed by atoms with Crippen LogP contribution in [-0.4, -0.2) is 19.2 Å². The predicted molar refractivity (Wildman–Crippen MR) is 83.6 cm³/mol. The molecule has 0 aliphatic carbocycles. The van der Waals surface area contributed by atoms with Crippen LogP contribution in [0.15, 0.2) is 70.6 Å². The Morgan fingerprint density at radius 2 is 1.68 bits per heavy atom. The van der Waals surface area contributed by atoms with Crippen LogP contribution in [0.4, 0.5) is 0 Å². The summed E-state index contributed by atoms with van der Waals surface area (Å²) in [5.41, 5.74) is 1.00. The van der Waals surface area contributed by atoms with Gasteiger partial charge in [0.2, 0.25) is 9.84 Å². The Labute approximate surface area is 128 Å². The lowest BCUT2D eigenvalue weighted by Gasteiger charge is -2.07. The van der Waals surface area contributed by atoms with Gasteiger partial charge in [-0.15, -0.1) is 0 Å². The number of rotatable bonds is 3. The van der Waals surface area contributed by atoms with E-state index in [-0.39, 0.29) is 15.6 Å². The van der Waals surface area contributed by atoms with Crippen LogP contribution in [0.3, 0.4) is 0 Å². The van der Waals surface area contributed by atoms with E-state index in [4.69, 9.17) is 0 Å². The molecule has 1 aromatic heterocycles. The number of hydrogen-bond acceptors (Lipinski definition) is 4. The van der Waals surface area contributed by atoms with Crippen LogP contribution >= 0.6 is 0 Å². The smallest absolute Gasteiger partial charge is 0.208 e. The lowest BCUT2D eigenvalue weighted by Crippen LogP contribution is -2.03. The molecule has 0 bridgehead atoms. The highest BCUT2D eigenvalue weighted by Gasteiger charge is 2.19. The number of sulfone groups is 1. The van der Waals surface area contributed by atoms with Gasteiger partial charge in [0.25, 0.3) is 0 Å². The van der Waals surface area contributed by atoms with E-state index in [1.807, 2.05) is 0 Å². The molecule has 0 spiro atoms. The number of hydrogen-bond donors (Lipinski definition) is 0. The van der Waals surface area contributed by atoms with Crippen molar-refractivity contribution in [3.05, 3.63) is 66.4 Å². The molecule has 0 aliphatic rings. The molecule has 0 fully saturated rings. The summed E-state index contributed by atoms with van der Waals surface area (Å²) in [4.78, 5) is 16.1. The maximum Gasteiger partial charge on any atom is 0.208 e. The molecular formula is C17H13NO3S. The SMILES string of the molecule is CC(=O)c1cccc2cc(S(=O)(=O)c3ccccc3)cnc12. The fourth-order valence-corrected chi connectivity index (χ4v) is 3.57. The van der Waals surface area contributed by atoms with Crippen molar-refractivity contribution in [1.29, 1.82) is 0 Å². The molecule has 0 unspecified atom stereocenters. The van der Waals surface area contributed by atoms with Crippen LogP contribution in [0.1, 0.15) is 17.3 Å². The number of nitrogens with zero attached hydrogens (tertiary/aromatic N) is 1. The highest BCUT2D eigenvalue weighted by molar-refractivity contribution is 7.91. The van der Waals surface area contributed by atoms with Crippen LogP contribution in [0, 0.1) is 0 Å². The zero-order valence-electron chi connectivity index (χ0n) is 11.9. The average Bonchev–Trinajstić information content (AvgIpc) is 2.54. The number of aromatic nitrogens is 1. The number of carbonyl (C=O) groups is 1. The molecule has 0 aliphatic heterocycles. The van der Waals surface area contributed by atoms with Crippen molar-refractivity contribution in [3.63, 3.8) is 0 Å². The summed E-state index contributed by atoms with van der Waals surface area (Å²) in [7, 11) is -3.61. The molecule has 0 amide bonds. The maximum absolute atomic E-state index is 12.6. The van der Waals surface area contributed by atoms with E-state index in [1.54, 1.807) is 54.6 Å². The molecule has 4 nitrogen and oxygen atoms in total. The van der Waals surface area contributed by atoms with Gasteiger partial charge in [-0.05, 0) is 31.2 Å². The van der Waals surface area contributed by atoms with Crippen molar-refractivity contribution >= 4 is 26.5 Å². The Kier molecular flexibility index (Phi) is 3.50. The first-order valence-electron chi connectivity index (χ1n) is 6.70. The Balaban J connectivity index is 2.20. The van der Waals surface area contributed by atoms with Gasteiger partial charge in [0.15, 0.2) is 5.78 Å². The van der Waals surface area contributed by atoms with E-state index >= 15 is 0 Å². The third-order valence-electron chi connectivity index (χ3n) is 3.43. The quantitative estimate of drug-likeness (QED) is 0.696. The van der Waals surface area contributed by atoms with E-state index in [0.717, 1.165) is 0 Å². The molecule has 0 saturated heterocycles. The Hall–Kier alpha value is -2.53. The van der Waals surface area contributed by atoms with Crippen molar-refractivity contribution in [3.8, 4) is 0 Å². The topological polar surface area (TPSA) is 64.1 Å². The van der Waals surface area contributed by atoms with Crippen molar-refractivity contribution in [1.82, 2.24) is 4.98 Å². The summed E-state index contributed by atoms with van der Waals surface area (Å²) in [6, 6.07) is 14.9. The van der Waals surface area contributed by atoms with E-state index < -0.39 is 9.84 Å². The molecule has 0 N–H and O–H groups in total. The van der Waals surface area contributed by atoms with Crippen LogP contribution < -0.4 is 0 Å². The summed E-state index contributed by atoms with van der Waals surface area (Å²) in [5.74, 6) is -0.100. The number of pyridine rings is 1. The second-order valence-electron chi connectivity index (χ2n) is 4.92. The van der Waals surface area contributed by atoms with Crippen molar-refractivity contribution in [2.24, 2.45) is 0 Å². The first-order chi connectivity index (χ1) is 10.5. The highest BCUT2D eigenvalue weighted by atomic mass is 32.2. The second-order valence-corrected chi connectivity index (χ2v) is 6.87. The molecule has 22 heavy (non-hydrogen) atoms. The van der Waals surface area contributed by atoms with Gasteiger partial charge in [-0.2, -0.15) is 0 Å². The van der Waals surface area contributed by atoms with Gasteiger partial charge < -0.3 is 0 Å². The highest BCUT2D eigenvalue weighted by Crippen LogP contribution is 2.24. The predicted octanol–water partition coefficient (Wildman–Crippen LogP) is 3.27. The third kappa shape index (κ3) is 2.40. The first-order valence-corrected chi connectivity index (χ1v) is 8.18. The minimum Gasteiger partial charge on any atom is -0.294 e. The van der Waals surface area contributed by atoms with E-state index in [0.29, 0.717) is 16.5 Å². The fourth-order valence-electron chi connectivity index (χ4n) is 2.31. The molecule has 0 radical (unpaired) electrons. The second kappa shape index (κ2) is 5.35. The number of benzene rings is 2. The van der Waals surface area contributed by atoms with Gasteiger partial charge in [-0.25, -0.2) is 8.42 Å². The van der Waals surface area contributed by atoms with Crippen LogP contribution in [0.5, 0.6) is 0 Å². The number of fused-ring (bicyclic) bond motifs is 1. The number of carbonyl (C=O) groups excluding carboxylic acids is 1. The van der Waals surface area contributed by atoms with E-state index in [2.05, 4.69) is 4.98 Å². The largest absolute Gasteiger partial charge is 0.294 e. The van der Waals surface area contributed by atoms with Crippen molar-refractivity contribution in [2.75, 3.05) is 0 Å².